The molecule has 2 aromatic heterocycles. The van der Waals surface area contributed by atoms with Crippen LogP contribution in [0.4, 0.5) is 0 Å². The zero-order valence-corrected chi connectivity index (χ0v) is 10.1. The number of nitrogens with one attached hydrogen (secondary N) is 4. The minimum Gasteiger partial charge on any atom is -0.313 e. The predicted molar refractivity (Wildman–Crippen MR) is 65.4 cm³/mol. The Morgan fingerprint density at radius 3 is 1.28 bits per heavy atom. The summed E-state index contributed by atoms with van der Waals surface area (Å²) in [5.74, 6) is 0. The molecule has 4 N–H and O–H groups in total. The summed E-state index contributed by atoms with van der Waals surface area (Å²) < 4.78 is 0. The minimum absolute atomic E-state index is 0.0189. The van der Waals surface area contributed by atoms with E-state index in [0.717, 1.165) is 12.4 Å². The molecule has 0 saturated heterocycles. The fourth-order valence-electron chi connectivity index (χ4n) is 0.787. The maximum atomic E-state index is 10.4. The van der Waals surface area contributed by atoms with Crippen molar-refractivity contribution in [1.82, 2.24) is 19.9 Å². The molecule has 96 valence electrons. The third-order valence-electron chi connectivity index (χ3n) is 1.55. The van der Waals surface area contributed by atoms with Crippen molar-refractivity contribution in [2.24, 2.45) is 0 Å². The highest BCUT2D eigenvalue weighted by Gasteiger charge is 1.92. The summed E-state index contributed by atoms with van der Waals surface area (Å²) in [5.41, 5.74) is -2.24. The van der Waals surface area contributed by atoms with Crippen molar-refractivity contribution in [1.29, 1.82) is 0 Å². The normalized spacial score (nSPS) is 9.44. The van der Waals surface area contributed by atoms with Crippen LogP contribution in [0, 0.1) is 0 Å². The highest BCUT2D eigenvalue weighted by molar-refractivity contribution is 6.30. The molecule has 0 aliphatic heterocycles. The number of rotatable bonds is 0. The first-order valence-corrected chi connectivity index (χ1v) is 5.11. The first-order valence-electron chi connectivity index (χ1n) is 4.35. The van der Waals surface area contributed by atoms with Crippen LogP contribution in [0.15, 0.2) is 31.6 Å². The summed E-state index contributed by atoms with van der Waals surface area (Å²) in [6, 6.07) is 0. The average molecular weight is 293 g/mol. The second-order valence-corrected chi connectivity index (χ2v) is 3.65. The van der Waals surface area contributed by atoms with Crippen LogP contribution in [-0.4, -0.2) is 19.9 Å². The van der Waals surface area contributed by atoms with Gasteiger partial charge in [0.1, 0.15) is 10.0 Å². The van der Waals surface area contributed by atoms with E-state index in [1.165, 1.54) is 0 Å². The molecule has 0 atom stereocenters. The molecule has 2 rings (SSSR count). The Hall–Kier alpha value is -2.06. The van der Waals surface area contributed by atoms with Gasteiger partial charge in [0.2, 0.25) is 0 Å². The van der Waals surface area contributed by atoms with Crippen molar-refractivity contribution in [2.45, 2.75) is 0 Å². The molecule has 10 heteroatoms. The first-order chi connectivity index (χ1) is 8.40. The van der Waals surface area contributed by atoms with Crippen molar-refractivity contribution in [2.75, 3.05) is 0 Å². The molecule has 0 spiro atoms. The molecule has 0 amide bonds. The topological polar surface area (TPSA) is 131 Å². The Morgan fingerprint density at radius 2 is 1.06 bits per heavy atom. The third kappa shape index (κ3) is 4.07. The predicted octanol–water partition coefficient (Wildman–Crippen LogP) is -0.567. The van der Waals surface area contributed by atoms with Crippen LogP contribution in [-0.2, 0) is 0 Å². The SMILES string of the molecule is O=c1[nH]cc(Cl)c(=O)[nH]1.O=c1[nH]cc(Cl)c(=O)[nH]1. The quantitative estimate of drug-likeness (QED) is 0.518. The van der Waals surface area contributed by atoms with E-state index < -0.39 is 22.5 Å². The summed E-state index contributed by atoms with van der Waals surface area (Å²) in [5, 5.41) is -0.0378. The largest absolute Gasteiger partial charge is 0.325 e. The number of hydrogen-bond donors (Lipinski definition) is 4. The number of aromatic nitrogens is 4. The van der Waals surface area contributed by atoms with Gasteiger partial charge in [0.05, 0.1) is 0 Å². The lowest BCUT2D eigenvalue weighted by molar-refractivity contribution is 1.04. The lowest BCUT2D eigenvalue weighted by Crippen LogP contribution is -2.20. The van der Waals surface area contributed by atoms with Gasteiger partial charge in [-0.1, -0.05) is 23.2 Å². The fraction of sp³-hybridized carbons (Fsp3) is 0. The molecule has 0 radical (unpaired) electrons. The van der Waals surface area contributed by atoms with E-state index >= 15 is 0 Å². The van der Waals surface area contributed by atoms with E-state index in [-0.39, 0.29) is 10.0 Å². The van der Waals surface area contributed by atoms with Gasteiger partial charge in [-0.25, -0.2) is 9.59 Å². The summed E-state index contributed by atoms with van der Waals surface area (Å²) in [7, 11) is 0. The third-order valence-corrected chi connectivity index (χ3v) is 2.11. The van der Waals surface area contributed by atoms with Crippen molar-refractivity contribution >= 4 is 23.2 Å². The van der Waals surface area contributed by atoms with Crippen LogP contribution in [0.3, 0.4) is 0 Å². The van der Waals surface area contributed by atoms with Gasteiger partial charge in [0, 0.05) is 12.4 Å². The molecular formula is C8H6Cl2N4O4. The Bertz CT molecular complexity index is 691. The van der Waals surface area contributed by atoms with Crippen LogP contribution in [0.5, 0.6) is 0 Å². The van der Waals surface area contributed by atoms with Crippen molar-refractivity contribution in [3.63, 3.8) is 0 Å². The van der Waals surface area contributed by atoms with Gasteiger partial charge >= 0.3 is 11.4 Å². The van der Waals surface area contributed by atoms with Crippen LogP contribution >= 0.6 is 23.2 Å². The minimum atomic E-state index is -0.569. The van der Waals surface area contributed by atoms with E-state index in [0.29, 0.717) is 0 Å². The zero-order chi connectivity index (χ0) is 13.7. The monoisotopic (exact) mass is 292 g/mol. The van der Waals surface area contributed by atoms with Gasteiger partial charge in [0.25, 0.3) is 11.1 Å². The van der Waals surface area contributed by atoms with Crippen LogP contribution in [0.25, 0.3) is 0 Å². The van der Waals surface area contributed by atoms with E-state index in [1.807, 2.05) is 9.97 Å². The Morgan fingerprint density at radius 1 is 0.722 bits per heavy atom. The lowest BCUT2D eigenvalue weighted by Gasteiger charge is -1.82. The summed E-state index contributed by atoms with van der Waals surface area (Å²) in [6.07, 6.45) is 2.28. The molecule has 8 nitrogen and oxygen atoms in total. The van der Waals surface area contributed by atoms with Gasteiger partial charge in [-0.2, -0.15) is 0 Å². The van der Waals surface area contributed by atoms with Crippen molar-refractivity contribution < 1.29 is 0 Å². The van der Waals surface area contributed by atoms with Crippen LogP contribution in [0.1, 0.15) is 0 Å². The summed E-state index contributed by atoms with van der Waals surface area (Å²) >= 11 is 10.5. The van der Waals surface area contributed by atoms with E-state index in [4.69, 9.17) is 23.2 Å². The average Bonchev–Trinajstić information content (AvgIpc) is 2.30. The van der Waals surface area contributed by atoms with Crippen molar-refractivity contribution in [3.05, 3.63) is 64.1 Å². The number of halogens is 2. The van der Waals surface area contributed by atoms with Crippen LogP contribution < -0.4 is 22.5 Å². The van der Waals surface area contributed by atoms with Gasteiger partial charge in [-0.05, 0) is 0 Å². The Kier molecular flexibility index (Phi) is 4.69. The molecule has 0 aliphatic carbocycles. The molecule has 18 heavy (non-hydrogen) atoms. The Labute approximate surface area is 108 Å². The maximum Gasteiger partial charge on any atom is 0.325 e. The summed E-state index contributed by atoms with van der Waals surface area (Å²) in [6.45, 7) is 0. The highest BCUT2D eigenvalue weighted by Crippen LogP contribution is 1.91. The van der Waals surface area contributed by atoms with Crippen LogP contribution in [0.2, 0.25) is 10.0 Å². The standard InChI is InChI=1S/2C4H3ClN2O2/c2*5-2-1-6-4(9)7-3(2)8/h2*1H,(H2,6,7,8,9). The zero-order valence-electron chi connectivity index (χ0n) is 8.54. The van der Waals surface area contributed by atoms with Gasteiger partial charge in [-0.3, -0.25) is 19.6 Å². The molecule has 0 fully saturated rings. The second-order valence-electron chi connectivity index (χ2n) is 2.84. The molecule has 0 bridgehead atoms. The Balaban J connectivity index is 0.000000180. The molecule has 2 heterocycles. The fourth-order valence-corrected chi connectivity index (χ4v) is 0.990. The second kappa shape index (κ2) is 6.03. The molecular weight excluding hydrogens is 287 g/mol. The van der Waals surface area contributed by atoms with Gasteiger partial charge in [-0.15, -0.1) is 0 Å². The smallest absolute Gasteiger partial charge is 0.313 e. The van der Waals surface area contributed by atoms with Gasteiger partial charge in [0.15, 0.2) is 0 Å². The number of aromatic amines is 4. The summed E-state index contributed by atoms with van der Waals surface area (Å²) in [4.78, 5) is 49.7. The van der Waals surface area contributed by atoms with Gasteiger partial charge < -0.3 is 9.97 Å². The number of hydrogen-bond acceptors (Lipinski definition) is 4. The highest BCUT2D eigenvalue weighted by atomic mass is 35.5. The van der Waals surface area contributed by atoms with E-state index in [9.17, 15) is 19.2 Å². The molecule has 0 aromatic carbocycles. The lowest BCUT2D eigenvalue weighted by atomic mass is 10.7. The van der Waals surface area contributed by atoms with E-state index in [1.54, 1.807) is 0 Å². The molecule has 2 aromatic rings. The molecule has 0 unspecified atom stereocenters. The molecule has 0 saturated carbocycles. The molecule has 0 aliphatic rings. The van der Waals surface area contributed by atoms with Crippen molar-refractivity contribution in [3.8, 4) is 0 Å². The number of H-pyrrole nitrogens is 4. The van der Waals surface area contributed by atoms with E-state index in [2.05, 4.69) is 9.97 Å². The first kappa shape index (κ1) is 14.0. The maximum absolute atomic E-state index is 10.4.